The van der Waals surface area contributed by atoms with Crippen LogP contribution in [0.3, 0.4) is 0 Å². The largest absolute Gasteiger partial charge is 0.351 e. The second-order valence-corrected chi connectivity index (χ2v) is 8.34. The molecule has 1 amide bonds. The Morgan fingerprint density at radius 2 is 1.88 bits per heavy atom. The number of aromatic nitrogens is 1. The lowest BCUT2D eigenvalue weighted by Gasteiger charge is -2.29. The Morgan fingerprint density at radius 3 is 2.44 bits per heavy atom. The minimum absolute atomic E-state index is 0.108. The summed E-state index contributed by atoms with van der Waals surface area (Å²) < 4.78 is 31.8. The van der Waals surface area contributed by atoms with Crippen LogP contribution in [-0.2, 0) is 10.0 Å². The van der Waals surface area contributed by atoms with Crippen LogP contribution in [0.4, 0.5) is 5.69 Å². The number of rotatable bonds is 4. The Balaban J connectivity index is 1.70. The van der Waals surface area contributed by atoms with Gasteiger partial charge in [-0.05, 0) is 49.9 Å². The van der Waals surface area contributed by atoms with Gasteiger partial charge in [0.2, 0.25) is 15.8 Å². The SMILES string of the molecule is Cc1cc(C(=O)Nc2ccc(S(=O)(=O)N3CCC(C)CC3)cc2)on1. The summed E-state index contributed by atoms with van der Waals surface area (Å²) in [5.41, 5.74) is 1.10. The molecule has 1 fully saturated rings. The highest BCUT2D eigenvalue weighted by atomic mass is 32.2. The first-order valence-corrected chi connectivity index (χ1v) is 9.65. The highest BCUT2D eigenvalue weighted by Crippen LogP contribution is 2.24. The summed E-state index contributed by atoms with van der Waals surface area (Å²) >= 11 is 0. The van der Waals surface area contributed by atoms with Crippen molar-refractivity contribution in [3.05, 3.63) is 41.8 Å². The van der Waals surface area contributed by atoms with Crippen molar-refractivity contribution < 1.29 is 17.7 Å². The monoisotopic (exact) mass is 363 g/mol. The van der Waals surface area contributed by atoms with Crippen LogP contribution in [0.15, 0.2) is 39.8 Å². The third kappa shape index (κ3) is 3.91. The summed E-state index contributed by atoms with van der Waals surface area (Å²) in [5, 5.41) is 6.32. The molecule has 7 nitrogen and oxygen atoms in total. The molecule has 25 heavy (non-hydrogen) atoms. The molecule has 1 aromatic carbocycles. The maximum absolute atomic E-state index is 12.7. The third-order valence-corrected chi connectivity index (χ3v) is 6.26. The molecule has 1 aliphatic heterocycles. The van der Waals surface area contributed by atoms with Crippen LogP contribution in [0.2, 0.25) is 0 Å². The fourth-order valence-electron chi connectivity index (χ4n) is 2.75. The number of sulfonamides is 1. The van der Waals surface area contributed by atoms with E-state index in [2.05, 4.69) is 17.4 Å². The number of anilines is 1. The van der Waals surface area contributed by atoms with Crippen molar-refractivity contribution in [1.29, 1.82) is 0 Å². The van der Waals surface area contributed by atoms with E-state index in [1.165, 1.54) is 22.5 Å². The van der Waals surface area contributed by atoms with Gasteiger partial charge in [0.05, 0.1) is 10.6 Å². The second kappa shape index (κ2) is 6.97. The minimum atomic E-state index is -3.49. The van der Waals surface area contributed by atoms with Gasteiger partial charge >= 0.3 is 0 Å². The summed E-state index contributed by atoms with van der Waals surface area (Å²) in [7, 11) is -3.49. The molecule has 0 unspecified atom stereocenters. The molecule has 1 aromatic heterocycles. The lowest BCUT2D eigenvalue weighted by molar-refractivity contribution is 0.0988. The third-order valence-electron chi connectivity index (χ3n) is 4.34. The fourth-order valence-corrected chi connectivity index (χ4v) is 4.22. The van der Waals surface area contributed by atoms with Crippen LogP contribution in [0.1, 0.15) is 36.0 Å². The average molecular weight is 363 g/mol. The molecule has 1 aliphatic rings. The molecule has 0 atom stereocenters. The van der Waals surface area contributed by atoms with E-state index in [1.54, 1.807) is 19.1 Å². The number of hydrogen-bond donors (Lipinski definition) is 1. The molecule has 134 valence electrons. The fraction of sp³-hybridized carbons (Fsp3) is 0.412. The molecule has 2 aromatic rings. The highest BCUT2D eigenvalue weighted by molar-refractivity contribution is 7.89. The number of amides is 1. The maximum Gasteiger partial charge on any atom is 0.294 e. The Morgan fingerprint density at radius 1 is 1.24 bits per heavy atom. The van der Waals surface area contributed by atoms with E-state index in [4.69, 9.17) is 4.52 Å². The van der Waals surface area contributed by atoms with Crippen molar-refractivity contribution in [2.24, 2.45) is 5.92 Å². The van der Waals surface area contributed by atoms with Gasteiger partial charge in [-0.2, -0.15) is 4.31 Å². The summed E-state index contributed by atoms with van der Waals surface area (Å²) in [6.07, 6.45) is 1.76. The molecule has 0 spiro atoms. The van der Waals surface area contributed by atoms with E-state index < -0.39 is 15.9 Å². The first-order chi connectivity index (χ1) is 11.9. The predicted octanol–water partition coefficient (Wildman–Crippen LogP) is 2.66. The summed E-state index contributed by atoms with van der Waals surface area (Å²) in [6.45, 7) is 4.96. The number of carbonyl (C=O) groups is 1. The van der Waals surface area contributed by atoms with E-state index in [9.17, 15) is 13.2 Å². The van der Waals surface area contributed by atoms with Crippen LogP contribution >= 0.6 is 0 Å². The zero-order valence-electron chi connectivity index (χ0n) is 14.2. The Kier molecular flexibility index (Phi) is 4.91. The molecule has 0 saturated carbocycles. The molecule has 2 heterocycles. The highest BCUT2D eigenvalue weighted by Gasteiger charge is 2.27. The number of hydrogen-bond acceptors (Lipinski definition) is 5. The van der Waals surface area contributed by atoms with Crippen molar-refractivity contribution >= 4 is 21.6 Å². The van der Waals surface area contributed by atoms with Crippen LogP contribution in [-0.4, -0.2) is 36.9 Å². The van der Waals surface area contributed by atoms with Gasteiger partial charge in [0.15, 0.2) is 0 Å². The minimum Gasteiger partial charge on any atom is -0.351 e. The molecule has 0 aliphatic carbocycles. The van der Waals surface area contributed by atoms with Crippen molar-refractivity contribution in [2.45, 2.75) is 31.6 Å². The van der Waals surface area contributed by atoms with Crippen LogP contribution < -0.4 is 5.32 Å². The number of carbonyl (C=O) groups excluding carboxylic acids is 1. The van der Waals surface area contributed by atoms with Gasteiger partial charge in [0.25, 0.3) is 5.91 Å². The normalized spacial score (nSPS) is 16.7. The second-order valence-electron chi connectivity index (χ2n) is 6.40. The van der Waals surface area contributed by atoms with Gasteiger partial charge in [-0.15, -0.1) is 0 Å². The van der Waals surface area contributed by atoms with Gasteiger partial charge in [-0.3, -0.25) is 4.79 Å². The Bertz CT molecular complexity index is 850. The molecule has 3 rings (SSSR count). The van der Waals surface area contributed by atoms with Crippen LogP contribution in [0, 0.1) is 12.8 Å². The summed E-state index contributed by atoms with van der Waals surface area (Å²) in [4.78, 5) is 12.2. The lowest BCUT2D eigenvalue weighted by atomic mass is 10.0. The van der Waals surface area contributed by atoms with Gasteiger partial charge in [-0.1, -0.05) is 12.1 Å². The number of aryl methyl sites for hydroxylation is 1. The standard InChI is InChI=1S/C17H21N3O4S/c1-12-7-9-20(10-8-12)25(22,23)15-5-3-14(4-6-15)18-17(21)16-11-13(2)19-24-16/h3-6,11-12H,7-10H2,1-2H3,(H,18,21). The topological polar surface area (TPSA) is 92.5 Å². The number of benzene rings is 1. The summed E-state index contributed by atoms with van der Waals surface area (Å²) in [5.74, 6) is 0.238. The first-order valence-electron chi connectivity index (χ1n) is 8.21. The zero-order valence-corrected chi connectivity index (χ0v) is 15.0. The molecule has 1 saturated heterocycles. The van der Waals surface area contributed by atoms with Crippen LogP contribution in [0.25, 0.3) is 0 Å². The Labute approximate surface area is 147 Å². The van der Waals surface area contributed by atoms with Gasteiger partial charge in [-0.25, -0.2) is 8.42 Å². The van der Waals surface area contributed by atoms with Gasteiger partial charge < -0.3 is 9.84 Å². The zero-order chi connectivity index (χ0) is 18.0. The van der Waals surface area contributed by atoms with Crippen molar-refractivity contribution in [2.75, 3.05) is 18.4 Å². The lowest BCUT2D eigenvalue weighted by Crippen LogP contribution is -2.37. The number of nitrogens with zero attached hydrogens (tertiary/aromatic N) is 2. The van der Waals surface area contributed by atoms with Crippen molar-refractivity contribution in [3.63, 3.8) is 0 Å². The predicted molar refractivity (Wildman–Crippen MR) is 92.8 cm³/mol. The van der Waals surface area contributed by atoms with E-state index in [1.807, 2.05) is 0 Å². The molecule has 0 bridgehead atoms. The summed E-state index contributed by atoms with van der Waals surface area (Å²) in [6, 6.07) is 7.69. The van der Waals surface area contributed by atoms with E-state index in [0.29, 0.717) is 30.4 Å². The van der Waals surface area contributed by atoms with Gasteiger partial charge in [0, 0.05) is 24.8 Å². The molecule has 8 heteroatoms. The molecular formula is C17H21N3O4S. The molecule has 0 radical (unpaired) electrons. The smallest absolute Gasteiger partial charge is 0.294 e. The maximum atomic E-state index is 12.7. The van der Waals surface area contributed by atoms with Crippen molar-refractivity contribution in [1.82, 2.24) is 9.46 Å². The average Bonchev–Trinajstić information content (AvgIpc) is 3.02. The quantitative estimate of drug-likeness (QED) is 0.901. The van der Waals surface area contributed by atoms with E-state index >= 15 is 0 Å². The van der Waals surface area contributed by atoms with Gasteiger partial charge in [0.1, 0.15) is 0 Å². The van der Waals surface area contributed by atoms with Crippen LogP contribution in [0.5, 0.6) is 0 Å². The van der Waals surface area contributed by atoms with Crippen molar-refractivity contribution in [3.8, 4) is 0 Å². The molecule has 1 N–H and O–H groups in total. The number of piperidine rings is 1. The van der Waals surface area contributed by atoms with E-state index in [0.717, 1.165) is 12.8 Å². The van der Waals surface area contributed by atoms with E-state index in [-0.39, 0.29) is 10.7 Å². The first kappa shape index (κ1) is 17.6. The molecular weight excluding hydrogens is 342 g/mol. The Hall–Kier alpha value is -2.19. The number of nitrogens with one attached hydrogen (secondary N) is 1.